The van der Waals surface area contributed by atoms with Crippen LogP contribution in [0.2, 0.25) is 0 Å². The van der Waals surface area contributed by atoms with Crippen molar-refractivity contribution < 1.29 is 13.6 Å². The summed E-state index contributed by atoms with van der Waals surface area (Å²) >= 11 is 0. The van der Waals surface area contributed by atoms with Gasteiger partial charge in [0, 0.05) is 19.2 Å². The first-order valence-electron chi connectivity index (χ1n) is 7.75. The van der Waals surface area contributed by atoms with Crippen molar-refractivity contribution in [3.05, 3.63) is 29.8 Å². The third-order valence-corrected chi connectivity index (χ3v) is 4.09. The number of aliphatic imine (C=N–C) groups is 1. The van der Waals surface area contributed by atoms with Crippen molar-refractivity contribution in [3.63, 3.8) is 0 Å². The molecule has 1 aliphatic carbocycles. The molecule has 0 radical (unpaired) electrons. The Bertz CT molecular complexity index is 585. The molecule has 0 aromatic heterocycles. The van der Waals surface area contributed by atoms with Crippen LogP contribution in [0.4, 0.5) is 14.5 Å². The third kappa shape index (κ3) is 4.91. The topological polar surface area (TPSA) is 70.7 Å². The summed E-state index contributed by atoms with van der Waals surface area (Å²) < 4.78 is 26.6. The number of nitrogens with zero attached hydrogens (tertiary/aromatic N) is 2. The fourth-order valence-corrected chi connectivity index (χ4v) is 2.71. The second-order valence-corrected chi connectivity index (χ2v) is 5.75. The molecule has 5 nitrogen and oxygen atoms in total. The van der Waals surface area contributed by atoms with Crippen LogP contribution in [0, 0.1) is 11.6 Å². The second kappa shape index (κ2) is 7.89. The van der Waals surface area contributed by atoms with E-state index in [4.69, 9.17) is 5.73 Å². The summed E-state index contributed by atoms with van der Waals surface area (Å²) in [6.07, 6.45) is 5.50. The van der Waals surface area contributed by atoms with E-state index in [1.165, 1.54) is 6.42 Å². The Kier molecular flexibility index (Phi) is 5.90. The van der Waals surface area contributed by atoms with Crippen LogP contribution in [-0.2, 0) is 4.79 Å². The number of nitrogens with two attached hydrogens (primary N) is 1. The first kappa shape index (κ1) is 17.2. The lowest BCUT2D eigenvalue weighted by Crippen LogP contribution is -2.40. The minimum absolute atomic E-state index is 0.112. The maximum absolute atomic E-state index is 13.5. The maximum atomic E-state index is 13.5. The number of guanidine groups is 1. The van der Waals surface area contributed by atoms with Gasteiger partial charge in [0.15, 0.2) is 5.96 Å². The number of carbonyl (C=O) groups excluding carboxylic acids is 1. The highest BCUT2D eigenvalue weighted by Crippen LogP contribution is 2.21. The Morgan fingerprint density at radius 1 is 1.35 bits per heavy atom. The number of amides is 1. The molecule has 126 valence electrons. The van der Waals surface area contributed by atoms with Gasteiger partial charge in [-0.1, -0.05) is 19.3 Å². The number of nitrogens with one attached hydrogen (secondary N) is 1. The molecule has 1 aromatic rings. The van der Waals surface area contributed by atoms with Crippen molar-refractivity contribution in [2.24, 2.45) is 10.7 Å². The molecule has 7 heteroatoms. The van der Waals surface area contributed by atoms with Crippen molar-refractivity contribution in [3.8, 4) is 0 Å². The van der Waals surface area contributed by atoms with Gasteiger partial charge >= 0.3 is 0 Å². The normalized spacial score (nSPS) is 16.2. The molecule has 0 heterocycles. The fraction of sp³-hybridized carbons (Fsp3) is 0.500. The van der Waals surface area contributed by atoms with Crippen molar-refractivity contribution in [1.29, 1.82) is 0 Å². The van der Waals surface area contributed by atoms with Crippen LogP contribution in [0.25, 0.3) is 0 Å². The van der Waals surface area contributed by atoms with Gasteiger partial charge in [-0.2, -0.15) is 0 Å². The van der Waals surface area contributed by atoms with Crippen LogP contribution in [-0.4, -0.2) is 36.4 Å². The molecular weight excluding hydrogens is 302 g/mol. The smallest absolute Gasteiger partial charge is 0.244 e. The predicted molar refractivity (Wildman–Crippen MR) is 86.1 cm³/mol. The number of halogens is 2. The molecule has 23 heavy (non-hydrogen) atoms. The molecule has 1 fully saturated rings. The summed E-state index contributed by atoms with van der Waals surface area (Å²) in [5, 5.41) is 2.47. The van der Waals surface area contributed by atoms with Crippen molar-refractivity contribution in [1.82, 2.24) is 4.90 Å². The van der Waals surface area contributed by atoms with Crippen LogP contribution < -0.4 is 11.1 Å². The first-order chi connectivity index (χ1) is 11.0. The van der Waals surface area contributed by atoms with Gasteiger partial charge in [-0.15, -0.1) is 0 Å². The molecule has 0 aliphatic heterocycles. The summed E-state index contributed by atoms with van der Waals surface area (Å²) in [6, 6.07) is 3.23. The average molecular weight is 324 g/mol. The summed E-state index contributed by atoms with van der Waals surface area (Å²) in [6.45, 7) is -0.122. The maximum Gasteiger partial charge on any atom is 0.244 e. The average Bonchev–Trinajstić information content (AvgIpc) is 2.56. The lowest BCUT2D eigenvalue weighted by Gasteiger charge is -2.30. The van der Waals surface area contributed by atoms with E-state index in [2.05, 4.69) is 10.3 Å². The van der Waals surface area contributed by atoms with E-state index in [0.29, 0.717) is 0 Å². The van der Waals surface area contributed by atoms with Crippen molar-refractivity contribution >= 4 is 17.6 Å². The van der Waals surface area contributed by atoms with Gasteiger partial charge in [0.2, 0.25) is 5.91 Å². The Morgan fingerprint density at radius 2 is 2.04 bits per heavy atom. The van der Waals surface area contributed by atoms with Crippen molar-refractivity contribution in [2.45, 2.75) is 38.1 Å². The van der Waals surface area contributed by atoms with E-state index >= 15 is 0 Å². The van der Waals surface area contributed by atoms with Gasteiger partial charge in [0.25, 0.3) is 0 Å². The molecule has 0 atom stereocenters. The van der Waals surface area contributed by atoms with Crippen molar-refractivity contribution in [2.75, 3.05) is 18.9 Å². The number of rotatable bonds is 4. The number of likely N-dealkylation sites (N-methyl/N-ethyl adjacent to an activating group) is 1. The van der Waals surface area contributed by atoms with E-state index in [1.54, 1.807) is 11.9 Å². The zero-order valence-corrected chi connectivity index (χ0v) is 13.2. The zero-order valence-electron chi connectivity index (χ0n) is 13.2. The molecule has 1 saturated carbocycles. The highest BCUT2D eigenvalue weighted by atomic mass is 19.1. The van der Waals surface area contributed by atoms with E-state index in [-0.39, 0.29) is 30.1 Å². The van der Waals surface area contributed by atoms with Gasteiger partial charge < -0.3 is 16.0 Å². The Balaban J connectivity index is 1.90. The van der Waals surface area contributed by atoms with Crippen LogP contribution in [0.1, 0.15) is 32.1 Å². The highest BCUT2D eigenvalue weighted by Gasteiger charge is 2.21. The molecular formula is C16H22F2N4O. The molecule has 1 amide bonds. The molecule has 3 N–H and O–H groups in total. The Morgan fingerprint density at radius 3 is 2.74 bits per heavy atom. The monoisotopic (exact) mass is 324 g/mol. The lowest BCUT2D eigenvalue weighted by molar-refractivity contribution is -0.130. The fourth-order valence-electron chi connectivity index (χ4n) is 2.71. The van der Waals surface area contributed by atoms with Gasteiger partial charge in [0.05, 0.1) is 5.69 Å². The summed E-state index contributed by atoms with van der Waals surface area (Å²) in [7, 11) is 1.77. The standard InChI is InChI=1S/C16H22F2N4O/c1-22(12-5-3-2-4-6-12)15(23)10-20-16(19)21-14-9-11(17)7-8-13(14)18/h7-9,12H,2-6,10H2,1H3,(H3,19,20,21). The largest absolute Gasteiger partial charge is 0.370 e. The summed E-state index contributed by atoms with van der Waals surface area (Å²) in [5.74, 6) is -1.49. The van der Waals surface area contributed by atoms with E-state index in [9.17, 15) is 13.6 Å². The van der Waals surface area contributed by atoms with Crippen LogP contribution >= 0.6 is 0 Å². The molecule has 0 bridgehead atoms. The van der Waals surface area contributed by atoms with E-state index in [0.717, 1.165) is 43.9 Å². The van der Waals surface area contributed by atoms with Gasteiger partial charge in [0.1, 0.15) is 18.2 Å². The van der Waals surface area contributed by atoms with Gasteiger partial charge in [-0.05, 0) is 25.0 Å². The molecule has 1 aromatic carbocycles. The highest BCUT2D eigenvalue weighted by molar-refractivity contribution is 5.94. The summed E-state index contributed by atoms with van der Waals surface area (Å²) in [4.78, 5) is 17.7. The first-order valence-corrected chi connectivity index (χ1v) is 7.75. The zero-order chi connectivity index (χ0) is 16.8. The third-order valence-electron chi connectivity index (χ3n) is 4.09. The predicted octanol–water partition coefficient (Wildman–Crippen LogP) is 2.48. The number of anilines is 1. The number of hydrogen-bond donors (Lipinski definition) is 2. The summed E-state index contributed by atoms with van der Waals surface area (Å²) in [5.41, 5.74) is 5.52. The number of carbonyl (C=O) groups is 1. The van der Waals surface area contributed by atoms with Crippen LogP contribution in [0.3, 0.4) is 0 Å². The van der Waals surface area contributed by atoms with Gasteiger partial charge in [-0.3, -0.25) is 4.79 Å². The quantitative estimate of drug-likeness (QED) is 0.660. The molecule has 0 spiro atoms. The van der Waals surface area contributed by atoms with Crippen LogP contribution in [0.5, 0.6) is 0 Å². The van der Waals surface area contributed by atoms with Gasteiger partial charge in [-0.25, -0.2) is 13.8 Å². The SMILES string of the molecule is CN(C(=O)CN=C(N)Nc1cc(F)ccc1F)C1CCCCC1. The molecule has 0 unspecified atom stereocenters. The Labute approximate surface area is 134 Å². The second-order valence-electron chi connectivity index (χ2n) is 5.75. The minimum atomic E-state index is -0.643. The number of benzene rings is 1. The van der Waals surface area contributed by atoms with Crippen LogP contribution in [0.15, 0.2) is 23.2 Å². The molecule has 1 aliphatic rings. The Hall–Kier alpha value is -2.18. The van der Waals surface area contributed by atoms with E-state index in [1.807, 2.05) is 0 Å². The lowest BCUT2D eigenvalue weighted by atomic mass is 9.94. The van der Waals surface area contributed by atoms with E-state index < -0.39 is 11.6 Å². The number of hydrogen-bond acceptors (Lipinski definition) is 2. The molecule has 2 rings (SSSR count). The minimum Gasteiger partial charge on any atom is -0.370 e. The molecule has 0 saturated heterocycles.